The highest BCUT2D eigenvalue weighted by atomic mass is 79.9. The molecule has 0 unspecified atom stereocenters. The van der Waals surface area contributed by atoms with E-state index in [1.165, 1.54) is 6.20 Å². The maximum absolute atomic E-state index is 12.8. The summed E-state index contributed by atoms with van der Waals surface area (Å²) >= 11 is 3.28. The van der Waals surface area contributed by atoms with Crippen molar-refractivity contribution in [2.24, 2.45) is 5.92 Å². The first-order valence-electron chi connectivity index (χ1n) is 6.95. The van der Waals surface area contributed by atoms with Crippen LogP contribution >= 0.6 is 15.9 Å². The summed E-state index contributed by atoms with van der Waals surface area (Å²) in [6.07, 6.45) is 4.62. The fraction of sp³-hybridized carbons (Fsp3) is 0.643. The average Bonchev–Trinajstić information content (AvgIpc) is 2.38. The number of sulfonamides is 1. The van der Waals surface area contributed by atoms with E-state index in [4.69, 9.17) is 0 Å². The number of hydrogen-bond acceptors (Lipinski definition) is 3. The zero-order chi connectivity index (χ0) is 15.3. The van der Waals surface area contributed by atoms with E-state index in [0.717, 1.165) is 12.8 Å². The second-order valence-corrected chi connectivity index (χ2v) is 8.08. The Labute approximate surface area is 130 Å². The largest absolute Gasteiger partial charge is 0.262 e. The summed E-state index contributed by atoms with van der Waals surface area (Å²) < 4.78 is 28.0. The number of pyridine rings is 1. The standard InChI is InChI=1S/C14H23BrN2O2S/c1-5-13(6-2)17(10-11(3)4)20(18,19)14-7-12(15)8-16-9-14/h7-9,11,13H,5-6,10H2,1-4H3. The van der Waals surface area contributed by atoms with E-state index in [2.05, 4.69) is 20.9 Å². The Bertz CT molecular complexity index is 528. The molecule has 114 valence electrons. The summed E-state index contributed by atoms with van der Waals surface area (Å²) in [6, 6.07) is 1.64. The molecule has 0 amide bonds. The fourth-order valence-electron chi connectivity index (χ4n) is 2.17. The minimum Gasteiger partial charge on any atom is -0.262 e. The van der Waals surface area contributed by atoms with Gasteiger partial charge in [-0.25, -0.2) is 8.42 Å². The van der Waals surface area contributed by atoms with Crippen LogP contribution in [0, 0.1) is 5.92 Å². The van der Waals surface area contributed by atoms with Crippen LogP contribution in [0.2, 0.25) is 0 Å². The molecule has 1 rings (SSSR count). The maximum atomic E-state index is 12.8. The monoisotopic (exact) mass is 362 g/mol. The predicted octanol–water partition coefficient (Wildman–Crippen LogP) is 3.68. The van der Waals surface area contributed by atoms with Gasteiger partial charge in [0, 0.05) is 29.5 Å². The van der Waals surface area contributed by atoms with E-state index in [-0.39, 0.29) is 16.9 Å². The van der Waals surface area contributed by atoms with Crippen LogP contribution in [0.15, 0.2) is 27.8 Å². The zero-order valence-electron chi connectivity index (χ0n) is 12.5. The minimum atomic E-state index is -3.50. The van der Waals surface area contributed by atoms with E-state index in [0.29, 0.717) is 11.0 Å². The average molecular weight is 363 g/mol. The van der Waals surface area contributed by atoms with E-state index < -0.39 is 10.0 Å². The van der Waals surface area contributed by atoms with Gasteiger partial charge in [-0.2, -0.15) is 4.31 Å². The summed E-state index contributed by atoms with van der Waals surface area (Å²) in [6.45, 7) is 8.64. The summed E-state index contributed by atoms with van der Waals surface area (Å²) in [4.78, 5) is 4.22. The van der Waals surface area contributed by atoms with Gasteiger partial charge in [-0.15, -0.1) is 0 Å². The van der Waals surface area contributed by atoms with Crippen LogP contribution in [0.25, 0.3) is 0 Å². The van der Waals surface area contributed by atoms with Crippen LogP contribution in [0.3, 0.4) is 0 Å². The lowest BCUT2D eigenvalue weighted by molar-refractivity contribution is 0.277. The van der Waals surface area contributed by atoms with Crippen molar-refractivity contribution >= 4 is 26.0 Å². The normalized spacial score (nSPS) is 12.6. The van der Waals surface area contributed by atoms with Gasteiger partial charge in [0.1, 0.15) is 4.90 Å². The third kappa shape index (κ3) is 4.27. The minimum absolute atomic E-state index is 0.0291. The van der Waals surface area contributed by atoms with Gasteiger partial charge in [0.2, 0.25) is 10.0 Å². The number of hydrogen-bond donors (Lipinski definition) is 0. The van der Waals surface area contributed by atoms with Crippen molar-refractivity contribution in [3.63, 3.8) is 0 Å². The molecule has 0 saturated carbocycles. The zero-order valence-corrected chi connectivity index (χ0v) is 14.9. The molecule has 0 saturated heterocycles. The molecule has 0 aliphatic carbocycles. The van der Waals surface area contributed by atoms with Gasteiger partial charge in [0.05, 0.1) is 0 Å². The Hall–Kier alpha value is -0.460. The van der Waals surface area contributed by atoms with Gasteiger partial charge < -0.3 is 0 Å². The van der Waals surface area contributed by atoms with Crippen LogP contribution < -0.4 is 0 Å². The lowest BCUT2D eigenvalue weighted by Crippen LogP contribution is -2.42. The number of aromatic nitrogens is 1. The van der Waals surface area contributed by atoms with Crippen LogP contribution in [0.5, 0.6) is 0 Å². The molecule has 1 aromatic heterocycles. The summed E-state index contributed by atoms with van der Waals surface area (Å²) in [5.41, 5.74) is 0. The fourth-order valence-corrected chi connectivity index (χ4v) is 4.61. The summed E-state index contributed by atoms with van der Waals surface area (Å²) in [5.74, 6) is 0.283. The Kier molecular flexibility index (Phi) is 6.61. The van der Waals surface area contributed by atoms with Crippen LogP contribution in [-0.4, -0.2) is 30.3 Å². The van der Waals surface area contributed by atoms with Crippen molar-refractivity contribution in [2.75, 3.05) is 6.54 Å². The molecule has 0 spiro atoms. The lowest BCUT2D eigenvalue weighted by atomic mass is 10.1. The molecule has 1 heterocycles. The Morgan fingerprint density at radius 3 is 2.30 bits per heavy atom. The van der Waals surface area contributed by atoms with Crippen molar-refractivity contribution in [3.05, 3.63) is 22.9 Å². The van der Waals surface area contributed by atoms with Gasteiger partial charge in [-0.1, -0.05) is 27.7 Å². The third-order valence-electron chi connectivity index (χ3n) is 3.18. The smallest absolute Gasteiger partial charge is 0.244 e. The first-order valence-corrected chi connectivity index (χ1v) is 9.18. The molecule has 0 fully saturated rings. The van der Waals surface area contributed by atoms with Gasteiger partial charge in [-0.3, -0.25) is 4.98 Å². The molecule has 0 aliphatic rings. The maximum Gasteiger partial charge on any atom is 0.244 e. The van der Waals surface area contributed by atoms with Crippen molar-refractivity contribution < 1.29 is 8.42 Å². The van der Waals surface area contributed by atoms with Crippen molar-refractivity contribution in [2.45, 2.75) is 51.5 Å². The first-order chi connectivity index (χ1) is 9.32. The molecule has 1 aromatic rings. The molecule has 0 bridgehead atoms. The highest BCUT2D eigenvalue weighted by Gasteiger charge is 2.30. The van der Waals surface area contributed by atoms with Crippen LogP contribution in [-0.2, 0) is 10.0 Å². The lowest BCUT2D eigenvalue weighted by Gasteiger charge is -2.31. The molecule has 0 aliphatic heterocycles. The van der Waals surface area contributed by atoms with Gasteiger partial charge in [0.25, 0.3) is 0 Å². The molecule has 6 heteroatoms. The Morgan fingerprint density at radius 2 is 1.85 bits per heavy atom. The van der Waals surface area contributed by atoms with Crippen molar-refractivity contribution in [3.8, 4) is 0 Å². The number of rotatable bonds is 7. The van der Waals surface area contributed by atoms with Gasteiger partial charge in [-0.05, 0) is 40.8 Å². The second kappa shape index (κ2) is 7.52. The van der Waals surface area contributed by atoms with Crippen molar-refractivity contribution in [1.82, 2.24) is 9.29 Å². The van der Waals surface area contributed by atoms with Gasteiger partial charge in [0.15, 0.2) is 0 Å². The Balaban J connectivity index is 3.23. The predicted molar refractivity (Wildman–Crippen MR) is 85.0 cm³/mol. The highest BCUT2D eigenvalue weighted by Crippen LogP contribution is 2.24. The quantitative estimate of drug-likeness (QED) is 0.743. The summed E-state index contributed by atoms with van der Waals surface area (Å²) in [7, 11) is -3.50. The third-order valence-corrected chi connectivity index (χ3v) is 5.50. The van der Waals surface area contributed by atoms with E-state index in [1.807, 2.05) is 27.7 Å². The SMILES string of the molecule is CCC(CC)N(CC(C)C)S(=O)(=O)c1cncc(Br)c1. The molecule has 0 N–H and O–H groups in total. The summed E-state index contributed by atoms with van der Waals surface area (Å²) in [5, 5.41) is 0. The highest BCUT2D eigenvalue weighted by molar-refractivity contribution is 9.10. The van der Waals surface area contributed by atoms with Crippen LogP contribution in [0.1, 0.15) is 40.5 Å². The molecule has 4 nitrogen and oxygen atoms in total. The second-order valence-electron chi connectivity index (χ2n) is 5.28. The van der Waals surface area contributed by atoms with E-state index in [1.54, 1.807) is 16.6 Å². The number of nitrogens with zero attached hydrogens (tertiary/aromatic N) is 2. The van der Waals surface area contributed by atoms with E-state index >= 15 is 0 Å². The Morgan fingerprint density at radius 1 is 1.25 bits per heavy atom. The molecule has 20 heavy (non-hydrogen) atoms. The molecular formula is C14H23BrN2O2S. The molecule has 0 radical (unpaired) electrons. The van der Waals surface area contributed by atoms with Gasteiger partial charge >= 0.3 is 0 Å². The van der Waals surface area contributed by atoms with Crippen LogP contribution in [0.4, 0.5) is 0 Å². The first kappa shape index (κ1) is 17.6. The molecule has 0 aromatic carbocycles. The molecule has 0 atom stereocenters. The van der Waals surface area contributed by atoms with E-state index in [9.17, 15) is 8.42 Å². The molecular weight excluding hydrogens is 340 g/mol. The topological polar surface area (TPSA) is 50.3 Å². The van der Waals surface area contributed by atoms with Crippen molar-refractivity contribution in [1.29, 1.82) is 0 Å². The number of halogens is 1.